The van der Waals surface area contributed by atoms with E-state index in [0.717, 1.165) is 29.9 Å². The molecule has 1 fully saturated rings. The zero-order chi connectivity index (χ0) is 17.0. The molecule has 1 atom stereocenters. The van der Waals surface area contributed by atoms with Gasteiger partial charge in [-0.1, -0.05) is 19.1 Å². The molecule has 1 saturated heterocycles. The fraction of sp³-hybridized carbons (Fsp3) is 0.556. The highest BCUT2D eigenvalue weighted by Gasteiger charge is 2.35. The molecule has 23 heavy (non-hydrogen) atoms. The zero-order valence-electron chi connectivity index (χ0n) is 14.6. The molecule has 5 nitrogen and oxygen atoms in total. The Hall–Kier alpha value is -1.88. The van der Waals surface area contributed by atoms with Gasteiger partial charge >= 0.3 is 0 Å². The first-order chi connectivity index (χ1) is 10.9. The van der Waals surface area contributed by atoms with Gasteiger partial charge in [-0.15, -0.1) is 0 Å². The van der Waals surface area contributed by atoms with Crippen LogP contribution < -0.4 is 10.2 Å². The van der Waals surface area contributed by atoms with Crippen LogP contribution in [0.3, 0.4) is 0 Å². The topological polar surface area (TPSA) is 52.7 Å². The number of hydrogen-bond acceptors (Lipinski definition) is 3. The van der Waals surface area contributed by atoms with Gasteiger partial charge in [0.15, 0.2) is 0 Å². The molecule has 0 aliphatic carbocycles. The van der Waals surface area contributed by atoms with E-state index < -0.39 is 0 Å². The number of nitrogens with zero attached hydrogens (tertiary/aromatic N) is 2. The van der Waals surface area contributed by atoms with Crippen molar-refractivity contribution in [3.8, 4) is 0 Å². The Labute approximate surface area is 138 Å². The molecule has 0 aromatic heterocycles. The predicted octanol–water partition coefficient (Wildman–Crippen LogP) is 1.72. The van der Waals surface area contributed by atoms with Gasteiger partial charge in [0, 0.05) is 31.7 Å². The highest BCUT2D eigenvalue weighted by Crippen LogP contribution is 2.29. The molecule has 1 N–H and O–H groups in total. The first kappa shape index (κ1) is 17.5. The van der Waals surface area contributed by atoms with E-state index >= 15 is 0 Å². The van der Waals surface area contributed by atoms with Crippen molar-refractivity contribution in [2.45, 2.75) is 27.2 Å². The average molecular weight is 317 g/mol. The second-order valence-electron chi connectivity index (χ2n) is 6.31. The number of nitrogens with one attached hydrogen (secondary N) is 1. The zero-order valence-corrected chi connectivity index (χ0v) is 14.6. The average Bonchev–Trinajstić information content (AvgIpc) is 2.91. The van der Waals surface area contributed by atoms with Crippen molar-refractivity contribution in [3.63, 3.8) is 0 Å². The summed E-state index contributed by atoms with van der Waals surface area (Å²) in [5.41, 5.74) is 3.19. The third-order valence-electron chi connectivity index (χ3n) is 4.70. The third-order valence-corrected chi connectivity index (χ3v) is 4.70. The fourth-order valence-electron chi connectivity index (χ4n) is 2.82. The summed E-state index contributed by atoms with van der Waals surface area (Å²) >= 11 is 0. The number of aryl methyl sites for hydroxylation is 1. The van der Waals surface area contributed by atoms with Gasteiger partial charge in [-0.2, -0.15) is 0 Å². The summed E-state index contributed by atoms with van der Waals surface area (Å²) < 4.78 is 0. The van der Waals surface area contributed by atoms with E-state index in [4.69, 9.17) is 0 Å². The smallest absolute Gasteiger partial charge is 0.227 e. The van der Waals surface area contributed by atoms with E-state index in [0.29, 0.717) is 19.5 Å². The summed E-state index contributed by atoms with van der Waals surface area (Å²) in [6, 6.07) is 5.95. The van der Waals surface area contributed by atoms with Crippen molar-refractivity contribution < 1.29 is 9.59 Å². The Balaban J connectivity index is 1.97. The first-order valence-electron chi connectivity index (χ1n) is 8.26. The molecule has 2 rings (SSSR count). The van der Waals surface area contributed by atoms with Crippen molar-refractivity contribution in [3.05, 3.63) is 29.3 Å². The molecule has 1 aromatic rings. The van der Waals surface area contributed by atoms with Crippen LogP contribution in [0.15, 0.2) is 18.2 Å². The van der Waals surface area contributed by atoms with Crippen molar-refractivity contribution in [1.29, 1.82) is 0 Å². The molecular weight excluding hydrogens is 290 g/mol. The van der Waals surface area contributed by atoms with E-state index in [1.807, 2.05) is 39.1 Å². The lowest BCUT2D eigenvalue weighted by Gasteiger charge is -2.20. The molecule has 1 unspecified atom stereocenters. The number of benzene rings is 1. The van der Waals surface area contributed by atoms with Crippen LogP contribution in [0.5, 0.6) is 0 Å². The molecule has 126 valence electrons. The largest absolute Gasteiger partial charge is 0.355 e. The molecular formula is C18H27N3O2. The third kappa shape index (κ3) is 4.10. The molecule has 2 amide bonds. The van der Waals surface area contributed by atoms with Crippen molar-refractivity contribution in [2.24, 2.45) is 5.92 Å². The van der Waals surface area contributed by atoms with Gasteiger partial charge < -0.3 is 15.1 Å². The number of hydrogen-bond donors (Lipinski definition) is 1. The van der Waals surface area contributed by atoms with Crippen LogP contribution in [0.2, 0.25) is 0 Å². The number of carbonyl (C=O) groups excluding carboxylic acids is 2. The maximum Gasteiger partial charge on any atom is 0.227 e. The highest BCUT2D eigenvalue weighted by molar-refractivity contribution is 6.00. The minimum absolute atomic E-state index is 0.0179. The Morgan fingerprint density at radius 2 is 2.13 bits per heavy atom. The maximum absolute atomic E-state index is 12.3. The molecule has 1 aliphatic heterocycles. The Morgan fingerprint density at radius 3 is 2.83 bits per heavy atom. The van der Waals surface area contributed by atoms with Crippen LogP contribution >= 0.6 is 0 Å². The monoisotopic (exact) mass is 317 g/mol. The first-order valence-corrected chi connectivity index (χ1v) is 8.26. The second-order valence-corrected chi connectivity index (χ2v) is 6.31. The van der Waals surface area contributed by atoms with E-state index in [-0.39, 0.29) is 17.7 Å². The number of anilines is 1. The van der Waals surface area contributed by atoms with Gasteiger partial charge in [0.2, 0.25) is 11.8 Å². The van der Waals surface area contributed by atoms with Gasteiger partial charge in [-0.3, -0.25) is 9.59 Å². The summed E-state index contributed by atoms with van der Waals surface area (Å²) in [5, 5.41) is 2.95. The van der Waals surface area contributed by atoms with E-state index in [2.05, 4.69) is 17.1 Å². The molecule has 0 saturated carbocycles. The lowest BCUT2D eigenvalue weighted by molar-refractivity contribution is -0.126. The summed E-state index contributed by atoms with van der Waals surface area (Å²) in [6.07, 6.45) is 0.294. The lowest BCUT2D eigenvalue weighted by atomic mass is 10.1. The van der Waals surface area contributed by atoms with Crippen molar-refractivity contribution >= 4 is 17.5 Å². The summed E-state index contributed by atoms with van der Waals surface area (Å²) in [7, 11) is 2.02. The van der Waals surface area contributed by atoms with E-state index in [9.17, 15) is 9.59 Å². The molecule has 1 aromatic carbocycles. The number of rotatable bonds is 6. The summed E-state index contributed by atoms with van der Waals surface area (Å²) in [4.78, 5) is 28.5. The van der Waals surface area contributed by atoms with Gasteiger partial charge in [0.1, 0.15) is 0 Å². The Kier molecular flexibility index (Phi) is 5.77. The summed E-state index contributed by atoms with van der Waals surface area (Å²) in [5.74, 6) is -0.241. The molecule has 1 aliphatic rings. The molecule has 0 spiro atoms. The standard InChI is InChI=1S/C18H27N3O2/c1-5-20(4)10-9-19-18(23)15-11-17(22)21(12-15)16-8-6-7-13(2)14(16)3/h6-8,15H,5,9-12H2,1-4H3,(H,19,23). The van der Waals surface area contributed by atoms with Crippen LogP contribution in [0, 0.1) is 19.8 Å². The van der Waals surface area contributed by atoms with Crippen molar-refractivity contribution in [2.75, 3.05) is 38.1 Å². The minimum atomic E-state index is -0.255. The van der Waals surface area contributed by atoms with Crippen molar-refractivity contribution in [1.82, 2.24) is 10.2 Å². The van der Waals surface area contributed by atoms with Gasteiger partial charge in [-0.05, 0) is 44.6 Å². The van der Waals surface area contributed by atoms with Gasteiger partial charge in [0.05, 0.1) is 5.92 Å². The molecule has 0 radical (unpaired) electrons. The Bertz CT molecular complexity index is 586. The molecule has 1 heterocycles. The number of carbonyl (C=O) groups is 2. The van der Waals surface area contributed by atoms with Gasteiger partial charge in [0.25, 0.3) is 0 Å². The SMILES string of the molecule is CCN(C)CCNC(=O)C1CC(=O)N(c2cccc(C)c2C)C1. The van der Waals surface area contributed by atoms with Crippen LogP contribution in [-0.4, -0.2) is 49.9 Å². The molecule has 5 heteroatoms. The fourth-order valence-corrected chi connectivity index (χ4v) is 2.82. The minimum Gasteiger partial charge on any atom is -0.355 e. The van der Waals surface area contributed by atoms with Crippen LogP contribution in [0.25, 0.3) is 0 Å². The second kappa shape index (κ2) is 7.59. The van der Waals surface area contributed by atoms with Crippen LogP contribution in [0.1, 0.15) is 24.5 Å². The number of likely N-dealkylation sites (N-methyl/N-ethyl adjacent to an activating group) is 1. The molecule has 0 bridgehead atoms. The van der Waals surface area contributed by atoms with E-state index in [1.165, 1.54) is 0 Å². The predicted molar refractivity (Wildman–Crippen MR) is 92.6 cm³/mol. The van der Waals surface area contributed by atoms with Crippen LogP contribution in [0.4, 0.5) is 5.69 Å². The lowest BCUT2D eigenvalue weighted by Crippen LogP contribution is -2.37. The van der Waals surface area contributed by atoms with E-state index in [1.54, 1.807) is 4.90 Å². The highest BCUT2D eigenvalue weighted by atomic mass is 16.2. The quantitative estimate of drug-likeness (QED) is 0.869. The Morgan fingerprint density at radius 1 is 1.39 bits per heavy atom. The summed E-state index contributed by atoms with van der Waals surface area (Å²) in [6.45, 7) is 9.01. The van der Waals surface area contributed by atoms with Crippen LogP contribution in [-0.2, 0) is 9.59 Å². The number of amides is 2. The van der Waals surface area contributed by atoms with Gasteiger partial charge in [-0.25, -0.2) is 0 Å². The normalized spacial score (nSPS) is 17.9. The maximum atomic E-state index is 12.3.